The molecule has 0 aromatic heterocycles. The number of alkyl halides is 6. The summed E-state index contributed by atoms with van der Waals surface area (Å²) in [5.41, 5.74) is -4.65. The van der Waals surface area contributed by atoms with E-state index in [2.05, 4.69) is 5.32 Å². The topological polar surface area (TPSA) is 32.3 Å². The van der Waals surface area contributed by atoms with Gasteiger partial charge in [0, 0.05) is 12.5 Å². The first-order chi connectivity index (χ1) is 6.92. The lowest BCUT2D eigenvalue weighted by molar-refractivity contribution is -0.369. The second-order valence-corrected chi connectivity index (χ2v) is 3.71. The van der Waals surface area contributed by atoms with Gasteiger partial charge in [-0.3, -0.25) is 0 Å². The van der Waals surface area contributed by atoms with Crippen LogP contribution in [0.1, 0.15) is 20.3 Å². The lowest BCUT2D eigenvalue weighted by Gasteiger charge is -2.32. The fraction of sp³-hybridized carbons (Fsp3) is 1.00. The van der Waals surface area contributed by atoms with Gasteiger partial charge in [-0.15, -0.1) is 0 Å². The molecule has 0 unspecified atom stereocenters. The standard InChI is InChI=1S/C8H13F6NO/c1-5(2)15-4-3-6(16,7(9,10)11)8(12,13)14/h5,15-16H,3-4H2,1-2H3. The van der Waals surface area contributed by atoms with Gasteiger partial charge in [0.05, 0.1) is 0 Å². The van der Waals surface area contributed by atoms with Crippen molar-refractivity contribution in [1.29, 1.82) is 0 Å². The highest BCUT2D eigenvalue weighted by atomic mass is 19.4. The van der Waals surface area contributed by atoms with Crippen molar-refractivity contribution in [2.24, 2.45) is 0 Å². The minimum atomic E-state index is -5.73. The monoisotopic (exact) mass is 253 g/mol. The van der Waals surface area contributed by atoms with Crippen molar-refractivity contribution in [3.05, 3.63) is 0 Å². The van der Waals surface area contributed by atoms with Gasteiger partial charge in [-0.05, 0) is 6.54 Å². The molecule has 8 heteroatoms. The van der Waals surface area contributed by atoms with Gasteiger partial charge in [-0.25, -0.2) is 0 Å². The molecule has 0 saturated heterocycles. The molecule has 0 aromatic carbocycles. The maximum atomic E-state index is 12.1. The molecule has 0 rings (SSSR count). The predicted molar refractivity (Wildman–Crippen MR) is 44.8 cm³/mol. The van der Waals surface area contributed by atoms with E-state index in [1.807, 2.05) is 0 Å². The molecule has 0 aliphatic rings. The Hall–Kier alpha value is -0.500. The largest absolute Gasteiger partial charge is 0.426 e. The summed E-state index contributed by atoms with van der Waals surface area (Å²) >= 11 is 0. The van der Waals surface area contributed by atoms with E-state index in [9.17, 15) is 26.3 Å². The van der Waals surface area contributed by atoms with Crippen LogP contribution in [0.25, 0.3) is 0 Å². The summed E-state index contributed by atoms with van der Waals surface area (Å²) < 4.78 is 72.8. The van der Waals surface area contributed by atoms with Crippen molar-refractivity contribution in [3.8, 4) is 0 Å². The number of rotatable bonds is 4. The fourth-order valence-electron chi connectivity index (χ4n) is 0.986. The van der Waals surface area contributed by atoms with Crippen LogP contribution in [0.5, 0.6) is 0 Å². The van der Waals surface area contributed by atoms with Crippen LogP contribution in [0.2, 0.25) is 0 Å². The van der Waals surface area contributed by atoms with E-state index in [0.29, 0.717) is 0 Å². The smallest absolute Gasteiger partial charge is 0.374 e. The molecule has 0 radical (unpaired) electrons. The summed E-state index contributed by atoms with van der Waals surface area (Å²) in [6.45, 7) is 2.56. The van der Waals surface area contributed by atoms with Crippen LogP contribution < -0.4 is 5.32 Å². The Kier molecular flexibility index (Phi) is 4.64. The second kappa shape index (κ2) is 4.79. The molecule has 0 spiro atoms. The summed E-state index contributed by atoms with van der Waals surface area (Å²) in [6.07, 6.45) is -12.9. The SMILES string of the molecule is CC(C)NCCC(O)(C(F)(F)F)C(F)(F)F. The van der Waals surface area contributed by atoms with E-state index in [1.165, 1.54) is 0 Å². The lowest BCUT2D eigenvalue weighted by atomic mass is 9.98. The maximum absolute atomic E-state index is 12.1. The van der Waals surface area contributed by atoms with Crippen LogP contribution in [0.4, 0.5) is 26.3 Å². The van der Waals surface area contributed by atoms with Gasteiger partial charge in [0.2, 0.25) is 0 Å². The molecule has 0 amide bonds. The van der Waals surface area contributed by atoms with Gasteiger partial charge in [0.25, 0.3) is 5.60 Å². The zero-order chi connectivity index (χ0) is 13.2. The molecule has 16 heavy (non-hydrogen) atoms. The maximum Gasteiger partial charge on any atom is 0.426 e. The first-order valence-electron chi connectivity index (χ1n) is 4.51. The summed E-state index contributed by atoms with van der Waals surface area (Å²) in [7, 11) is 0. The molecule has 0 saturated carbocycles. The van der Waals surface area contributed by atoms with E-state index in [4.69, 9.17) is 5.11 Å². The molecule has 0 fully saturated rings. The molecule has 0 atom stereocenters. The Bertz CT molecular complexity index is 208. The van der Waals surface area contributed by atoms with E-state index in [1.54, 1.807) is 13.8 Å². The van der Waals surface area contributed by atoms with E-state index in [0.717, 1.165) is 0 Å². The molecular formula is C8H13F6NO. The minimum Gasteiger partial charge on any atom is -0.374 e. The van der Waals surface area contributed by atoms with Gasteiger partial charge in [0.1, 0.15) is 0 Å². The van der Waals surface area contributed by atoms with Crippen molar-refractivity contribution in [2.75, 3.05) is 6.54 Å². The molecule has 0 aliphatic carbocycles. The number of aliphatic hydroxyl groups is 1. The Balaban J connectivity index is 4.71. The molecule has 2 nitrogen and oxygen atoms in total. The number of hydrogen-bond acceptors (Lipinski definition) is 2. The molecule has 2 N–H and O–H groups in total. The van der Waals surface area contributed by atoms with E-state index in [-0.39, 0.29) is 6.04 Å². The summed E-state index contributed by atoms with van der Waals surface area (Å²) in [6, 6.07) is -0.259. The normalized spacial score (nSPS) is 14.6. The lowest BCUT2D eigenvalue weighted by Crippen LogP contribution is -2.58. The highest BCUT2D eigenvalue weighted by Crippen LogP contribution is 2.44. The van der Waals surface area contributed by atoms with Crippen molar-refractivity contribution in [1.82, 2.24) is 5.32 Å². The highest BCUT2D eigenvalue weighted by Gasteiger charge is 2.69. The minimum absolute atomic E-state index is 0.259. The highest BCUT2D eigenvalue weighted by molar-refractivity contribution is 4.94. The first-order valence-corrected chi connectivity index (χ1v) is 4.51. The van der Waals surface area contributed by atoms with Crippen LogP contribution in [-0.4, -0.2) is 35.6 Å². The van der Waals surface area contributed by atoms with Crippen LogP contribution >= 0.6 is 0 Å². The number of nitrogens with one attached hydrogen (secondary N) is 1. The Morgan fingerprint density at radius 3 is 1.62 bits per heavy atom. The van der Waals surface area contributed by atoms with Crippen molar-refractivity contribution >= 4 is 0 Å². The van der Waals surface area contributed by atoms with Crippen LogP contribution in [0.3, 0.4) is 0 Å². The van der Waals surface area contributed by atoms with Crippen molar-refractivity contribution < 1.29 is 31.4 Å². The van der Waals surface area contributed by atoms with Crippen LogP contribution in [0, 0.1) is 0 Å². The Labute approximate surface area is 88.6 Å². The summed E-state index contributed by atoms with van der Waals surface area (Å²) in [5, 5.41) is 11.1. The third kappa shape index (κ3) is 3.51. The van der Waals surface area contributed by atoms with E-state index < -0.39 is 30.9 Å². The summed E-state index contributed by atoms with van der Waals surface area (Å²) in [4.78, 5) is 0. The van der Waals surface area contributed by atoms with Gasteiger partial charge >= 0.3 is 12.4 Å². The molecular weight excluding hydrogens is 240 g/mol. The summed E-state index contributed by atoms with van der Waals surface area (Å²) in [5.74, 6) is 0. The Morgan fingerprint density at radius 1 is 1.00 bits per heavy atom. The average Bonchev–Trinajstić information content (AvgIpc) is 1.98. The third-order valence-electron chi connectivity index (χ3n) is 1.98. The van der Waals surface area contributed by atoms with Crippen molar-refractivity contribution in [2.45, 2.75) is 44.3 Å². The zero-order valence-electron chi connectivity index (χ0n) is 8.71. The molecule has 98 valence electrons. The molecule has 0 heterocycles. The Morgan fingerprint density at radius 2 is 1.38 bits per heavy atom. The van der Waals surface area contributed by atoms with Gasteiger partial charge < -0.3 is 10.4 Å². The quantitative estimate of drug-likeness (QED) is 0.753. The van der Waals surface area contributed by atoms with Crippen LogP contribution in [0.15, 0.2) is 0 Å². The predicted octanol–water partition coefficient (Wildman–Crippen LogP) is 2.23. The van der Waals surface area contributed by atoms with Gasteiger partial charge in [-0.2, -0.15) is 26.3 Å². The fourth-order valence-corrected chi connectivity index (χ4v) is 0.986. The second-order valence-electron chi connectivity index (χ2n) is 3.71. The third-order valence-corrected chi connectivity index (χ3v) is 1.98. The number of hydrogen-bond donors (Lipinski definition) is 2. The average molecular weight is 253 g/mol. The van der Waals surface area contributed by atoms with Crippen LogP contribution in [-0.2, 0) is 0 Å². The van der Waals surface area contributed by atoms with Gasteiger partial charge in [-0.1, -0.05) is 13.8 Å². The van der Waals surface area contributed by atoms with E-state index >= 15 is 0 Å². The number of halogens is 6. The first kappa shape index (κ1) is 15.5. The zero-order valence-corrected chi connectivity index (χ0v) is 8.71. The van der Waals surface area contributed by atoms with Crippen molar-refractivity contribution in [3.63, 3.8) is 0 Å². The molecule has 0 aromatic rings. The molecule has 0 bridgehead atoms. The van der Waals surface area contributed by atoms with Gasteiger partial charge in [0.15, 0.2) is 0 Å². The molecule has 0 aliphatic heterocycles.